The van der Waals surface area contributed by atoms with Gasteiger partial charge in [0, 0.05) is 0 Å². The molecule has 0 saturated heterocycles. The predicted octanol–water partition coefficient (Wildman–Crippen LogP) is 12.3. The molecule has 0 heterocycles. The summed E-state index contributed by atoms with van der Waals surface area (Å²) in [5.74, 6) is 0. The third-order valence-electron chi connectivity index (χ3n) is 8.71. The second-order valence-corrected chi connectivity index (χ2v) is 15.7. The van der Waals surface area contributed by atoms with E-state index >= 15 is 0 Å². The van der Waals surface area contributed by atoms with E-state index in [9.17, 15) is 0 Å². The Kier molecular flexibility index (Phi) is 10.2. The molecule has 0 aliphatic heterocycles. The van der Waals surface area contributed by atoms with E-state index in [4.69, 9.17) is 0 Å². The van der Waals surface area contributed by atoms with E-state index in [2.05, 4.69) is 189 Å². The molecule has 0 fully saturated rings. The molecule has 0 amide bonds. The van der Waals surface area contributed by atoms with Crippen molar-refractivity contribution < 1.29 is 24.2 Å². The molecular weight excluding hydrogens is 632 g/mol. The van der Waals surface area contributed by atoms with E-state index in [-0.39, 0.29) is 10.8 Å². The van der Waals surface area contributed by atoms with Crippen molar-refractivity contribution in [1.29, 1.82) is 0 Å². The second kappa shape index (κ2) is 14.0. The summed E-state index contributed by atoms with van der Waals surface area (Å²) in [4.78, 5) is 0. The van der Waals surface area contributed by atoms with Gasteiger partial charge in [0.1, 0.15) is 0 Å². The first kappa shape index (κ1) is 33.7. The minimum atomic E-state index is 0.203. The van der Waals surface area contributed by atoms with Crippen LogP contribution in [0.5, 0.6) is 0 Å². The molecule has 0 nitrogen and oxygen atoms in total. The molecule has 1 heteroatoms. The molecule has 7 aromatic carbocycles. The maximum atomic E-state index is 2.35. The first-order valence-corrected chi connectivity index (χ1v) is 17.5. The van der Waals surface area contributed by atoms with Crippen LogP contribution in [-0.2, 0) is 35.1 Å². The van der Waals surface area contributed by atoms with Gasteiger partial charge in [-0.2, -0.15) is 11.6 Å². The van der Waals surface area contributed by atoms with Gasteiger partial charge >= 0.3 is 99.2 Å². The van der Waals surface area contributed by atoms with Crippen LogP contribution in [0.25, 0.3) is 32.3 Å². The minimum absolute atomic E-state index is 0.203. The summed E-state index contributed by atoms with van der Waals surface area (Å²) in [5, 5.41) is 8.22. The molecule has 0 N–H and O–H groups in total. The molecule has 7 aromatic rings. The van der Waals surface area contributed by atoms with E-state index in [1.54, 1.807) is 0 Å². The quantitative estimate of drug-likeness (QED) is 0.160. The molecule has 0 atom stereocenters. The normalized spacial score (nSPS) is 11.6. The summed E-state index contributed by atoms with van der Waals surface area (Å²) >= 11 is 1.46. The standard InChI is InChI=1S/C21H25.C13H10.C11H11.Zr/c1-20(2,3)16-7-9-18-14(12-16)11-15-13-17(21(4,5)6)8-10-19(15)18;1-3-7-12(8-4-1)11-13-9-5-2-6-10-13;1-8-3-5-10-6-4-9(2)11(10)7-8;/h7-13H,1-6H3;1-10H;3-7H,1-2H3;/q-1;;-1;+2. The van der Waals surface area contributed by atoms with Crippen LogP contribution < -0.4 is 0 Å². The van der Waals surface area contributed by atoms with Gasteiger partial charge in [0.15, 0.2) is 0 Å². The topological polar surface area (TPSA) is 0 Å². The number of benzene rings is 5. The Morgan fingerprint density at radius 2 is 1.00 bits per heavy atom. The fourth-order valence-electron chi connectivity index (χ4n) is 5.79. The molecular formula is C45H46Zr. The van der Waals surface area contributed by atoms with Crippen molar-refractivity contribution in [3.8, 4) is 0 Å². The molecule has 0 bridgehead atoms. The van der Waals surface area contributed by atoms with Gasteiger partial charge in [-0.1, -0.05) is 89.4 Å². The van der Waals surface area contributed by atoms with Gasteiger partial charge < -0.3 is 0 Å². The second-order valence-electron chi connectivity index (χ2n) is 14.5. The average Bonchev–Trinajstić information content (AvgIpc) is 3.60. The zero-order valence-electron chi connectivity index (χ0n) is 28.7. The van der Waals surface area contributed by atoms with Crippen LogP contribution in [0.4, 0.5) is 0 Å². The van der Waals surface area contributed by atoms with Gasteiger partial charge in [-0.15, -0.1) is 74.8 Å². The molecule has 0 radical (unpaired) electrons. The van der Waals surface area contributed by atoms with Crippen molar-refractivity contribution in [2.45, 2.75) is 66.2 Å². The zero-order chi connectivity index (χ0) is 33.1. The van der Waals surface area contributed by atoms with Crippen molar-refractivity contribution >= 4 is 35.5 Å². The van der Waals surface area contributed by atoms with Crippen molar-refractivity contribution in [1.82, 2.24) is 0 Å². The molecule has 0 unspecified atom stereocenters. The molecule has 0 spiro atoms. The Morgan fingerprint density at radius 3 is 1.46 bits per heavy atom. The summed E-state index contributed by atoms with van der Waals surface area (Å²) in [6.07, 6.45) is 0. The third kappa shape index (κ3) is 8.00. The molecule has 0 aromatic heterocycles. The fourth-order valence-corrected chi connectivity index (χ4v) is 6.61. The Labute approximate surface area is 291 Å². The van der Waals surface area contributed by atoms with Crippen LogP contribution >= 0.6 is 0 Å². The Hall–Kier alpha value is -3.67. The summed E-state index contributed by atoms with van der Waals surface area (Å²) in [6.45, 7) is 17.9. The number of hydrogen-bond acceptors (Lipinski definition) is 0. The zero-order valence-corrected chi connectivity index (χ0v) is 31.2. The van der Waals surface area contributed by atoms with Crippen LogP contribution in [-0.4, -0.2) is 3.21 Å². The van der Waals surface area contributed by atoms with E-state index < -0.39 is 0 Å². The fraction of sp³-hybridized carbons (Fsp3) is 0.222. The van der Waals surface area contributed by atoms with Crippen molar-refractivity contribution in [2.24, 2.45) is 0 Å². The molecule has 7 rings (SSSR count). The van der Waals surface area contributed by atoms with Crippen molar-refractivity contribution in [2.75, 3.05) is 0 Å². The van der Waals surface area contributed by atoms with E-state index in [0.717, 1.165) is 0 Å². The first-order valence-electron chi connectivity index (χ1n) is 16.3. The Morgan fingerprint density at radius 1 is 0.522 bits per heavy atom. The predicted molar refractivity (Wildman–Crippen MR) is 200 cm³/mol. The van der Waals surface area contributed by atoms with Gasteiger partial charge in [0.25, 0.3) is 0 Å². The molecule has 230 valence electrons. The molecule has 0 saturated carbocycles. The first-order chi connectivity index (χ1) is 21.8. The van der Waals surface area contributed by atoms with Crippen LogP contribution in [0, 0.1) is 13.8 Å². The van der Waals surface area contributed by atoms with Gasteiger partial charge in [-0.3, -0.25) is 0 Å². The van der Waals surface area contributed by atoms with Crippen LogP contribution in [0.15, 0.2) is 133 Å². The SMILES string of the molecule is CC(C)(C)c1ccc2c(c1)[cH-]c1cc(C(C)(C)C)ccc12.Cc1ccc2[cH-]cc(C)c2c1.[Zr+2]=[C](c1ccccc1)c1ccccc1. The Bertz CT molecular complexity index is 1960. The molecule has 0 aliphatic carbocycles. The number of hydrogen-bond donors (Lipinski definition) is 0. The summed E-state index contributed by atoms with van der Waals surface area (Å²) in [7, 11) is 0. The average molecular weight is 678 g/mol. The van der Waals surface area contributed by atoms with Gasteiger partial charge in [-0.05, 0) is 17.8 Å². The monoisotopic (exact) mass is 676 g/mol. The van der Waals surface area contributed by atoms with Crippen LogP contribution in [0.3, 0.4) is 0 Å². The number of rotatable bonds is 2. The van der Waals surface area contributed by atoms with E-state index in [1.807, 2.05) is 0 Å². The van der Waals surface area contributed by atoms with E-state index in [1.165, 1.54) is 93.1 Å². The van der Waals surface area contributed by atoms with Crippen LogP contribution in [0.2, 0.25) is 0 Å². The van der Waals surface area contributed by atoms with Gasteiger partial charge in [0.05, 0.1) is 0 Å². The van der Waals surface area contributed by atoms with E-state index in [0.29, 0.717) is 0 Å². The molecule has 0 aliphatic rings. The summed E-state index contributed by atoms with van der Waals surface area (Å²) in [5.41, 5.74) is 8.59. The van der Waals surface area contributed by atoms with Crippen LogP contribution in [0.1, 0.15) is 74.9 Å². The summed E-state index contributed by atoms with van der Waals surface area (Å²) in [6, 6.07) is 48.2. The number of aryl methyl sites for hydroxylation is 2. The van der Waals surface area contributed by atoms with Crippen molar-refractivity contribution in [3.05, 3.63) is 167 Å². The maximum absolute atomic E-state index is 2.35. The van der Waals surface area contributed by atoms with Gasteiger partial charge in [0.2, 0.25) is 0 Å². The van der Waals surface area contributed by atoms with Crippen molar-refractivity contribution in [3.63, 3.8) is 0 Å². The van der Waals surface area contributed by atoms with Gasteiger partial charge in [-0.25, -0.2) is 0 Å². The number of fused-ring (bicyclic) bond motifs is 4. The molecule has 46 heavy (non-hydrogen) atoms. The summed E-state index contributed by atoms with van der Waals surface area (Å²) < 4.78 is 1.42. The third-order valence-corrected chi connectivity index (χ3v) is 10.1. The Balaban J connectivity index is 0.000000144.